The third kappa shape index (κ3) is 2.20. The van der Waals surface area contributed by atoms with Crippen molar-refractivity contribution in [3.05, 3.63) is 29.1 Å². The van der Waals surface area contributed by atoms with Crippen LogP contribution in [-0.2, 0) is 6.54 Å². The molecule has 2 rings (SSSR count). The summed E-state index contributed by atoms with van der Waals surface area (Å²) in [6.07, 6.45) is 0.990. The summed E-state index contributed by atoms with van der Waals surface area (Å²) >= 11 is 0. The maximum absolute atomic E-state index is 6.04. The lowest BCUT2D eigenvalue weighted by Gasteiger charge is -2.12. The normalized spacial score (nSPS) is 13.2. The van der Waals surface area contributed by atoms with Crippen molar-refractivity contribution >= 4 is 11.0 Å². The topological polar surface area (TPSA) is 43.8 Å². The summed E-state index contributed by atoms with van der Waals surface area (Å²) in [6, 6.07) is 4.58. The summed E-state index contributed by atoms with van der Waals surface area (Å²) < 4.78 is 2.23. The minimum atomic E-state index is 0.202. The van der Waals surface area contributed by atoms with E-state index < -0.39 is 0 Å². The van der Waals surface area contributed by atoms with Crippen LogP contribution in [0, 0.1) is 20.8 Å². The zero-order valence-corrected chi connectivity index (χ0v) is 11.1. The monoisotopic (exact) mass is 231 g/mol. The number of benzene rings is 1. The Kier molecular flexibility index (Phi) is 3.20. The Morgan fingerprint density at radius 2 is 1.88 bits per heavy atom. The number of rotatable bonds is 3. The average molecular weight is 231 g/mol. The zero-order chi connectivity index (χ0) is 12.6. The van der Waals surface area contributed by atoms with Gasteiger partial charge >= 0.3 is 0 Å². The molecular formula is C14H21N3. The Morgan fingerprint density at radius 1 is 1.24 bits per heavy atom. The average Bonchev–Trinajstić information content (AvgIpc) is 2.56. The van der Waals surface area contributed by atoms with Crippen molar-refractivity contribution in [2.45, 2.75) is 46.7 Å². The number of aryl methyl sites for hydroxylation is 3. The molecule has 2 N–H and O–H groups in total. The summed E-state index contributed by atoms with van der Waals surface area (Å²) in [5.74, 6) is 1.05. The molecule has 0 bridgehead atoms. The maximum atomic E-state index is 6.04. The smallest absolute Gasteiger partial charge is 0.106 e. The van der Waals surface area contributed by atoms with Crippen molar-refractivity contribution in [1.82, 2.24) is 9.55 Å². The van der Waals surface area contributed by atoms with Crippen molar-refractivity contribution in [3.8, 4) is 0 Å². The third-order valence-electron chi connectivity index (χ3n) is 3.50. The molecule has 0 aliphatic carbocycles. The highest BCUT2D eigenvalue weighted by Crippen LogP contribution is 2.20. The first kappa shape index (κ1) is 12.1. The highest BCUT2D eigenvalue weighted by atomic mass is 15.1. The predicted molar refractivity (Wildman–Crippen MR) is 72.2 cm³/mol. The second-order valence-electron chi connectivity index (χ2n) is 4.86. The molecule has 0 radical (unpaired) electrons. The molecule has 0 amide bonds. The van der Waals surface area contributed by atoms with Crippen molar-refractivity contribution < 1.29 is 0 Å². The first-order valence-corrected chi connectivity index (χ1v) is 6.22. The van der Waals surface area contributed by atoms with Crippen molar-refractivity contribution in [1.29, 1.82) is 0 Å². The molecule has 1 aromatic carbocycles. The summed E-state index contributed by atoms with van der Waals surface area (Å²) in [5.41, 5.74) is 10.9. The van der Waals surface area contributed by atoms with Gasteiger partial charge in [0.25, 0.3) is 0 Å². The van der Waals surface area contributed by atoms with E-state index in [1.165, 1.54) is 16.6 Å². The van der Waals surface area contributed by atoms with Gasteiger partial charge in [-0.05, 0) is 50.5 Å². The number of nitrogens with zero attached hydrogens (tertiary/aromatic N) is 2. The molecule has 0 fully saturated rings. The summed E-state index contributed by atoms with van der Waals surface area (Å²) in [6.45, 7) is 9.28. The number of hydrogen-bond acceptors (Lipinski definition) is 2. The van der Waals surface area contributed by atoms with Gasteiger partial charge in [-0.1, -0.05) is 6.92 Å². The molecule has 0 saturated carbocycles. The van der Waals surface area contributed by atoms with E-state index in [-0.39, 0.29) is 6.04 Å². The van der Waals surface area contributed by atoms with Gasteiger partial charge < -0.3 is 10.3 Å². The van der Waals surface area contributed by atoms with Crippen LogP contribution in [0.25, 0.3) is 11.0 Å². The molecule has 92 valence electrons. The second-order valence-corrected chi connectivity index (χ2v) is 4.86. The van der Waals surface area contributed by atoms with Gasteiger partial charge in [0, 0.05) is 12.6 Å². The molecule has 17 heavy (non-hydrogen) atoms. The molecule has 1 unspecified atom stereocenters. The van der Waals surface area contributed by atoms with E-state index in [0.717, 1.165) is 24.3 Å². The van der Waals surface area contributed by atoms with Gasteiger partial charge in [-0.3, -0.25) is 0 Å². The van der Waals surface area contributed by atoms with Crippen LogP contribution in [0.5, 0.6) is 0 Å². The van der Waals surface area contributed by atoms with Gasteiger partial charge in [0.05, 0.1) is 11.0 Å². The molecule has 1 heterocycles. The molecule has 0 spiro atoms. The lowest BCUT2D eigenvalue weighted by molar-refractivity contribution is 0.539. The fourth-order valence-corrected chi connectivity index (χ4v) is 2.09. The van der Waals surface area contributed by atoms with E-state index in [9.17, 15) is 0 Å². The second kappa shape index (κ2) is 4.49. The molecule has 3 nitrogen and oxygen atoms in total. The van der Waals surface area contributed by atoms with Crippen molar-refractivity contribution in [3.63, 3.8) is 0 Å². The van der Waals surface area contributed by atoms with E-state index in [1.807, 2.05) is 6.92 Å². The summed E-state index contributed by atoms with van der Waals surface area (Å²) in [5, 5.41) is 0. The minimum Gasteiger partial charge on any atom is -0.327 e. The van der Waals surface area contributed by atoms with Crippen LogP contribution < -0.4 is 5.73 Å². The van der Waals surface area contributed by atoms with E-state index >= 15 is 0 Å². The molecule has 0 aliphatic heterocycles. The quantitative estimate of drug-likeness (QED) is 0.882. The van der Waals surface area contributed by atoms with Crippen LogP contribution in [0.15, 0.2) is 12.1 Å². The lowest BCUT2D eigenvalue weighted by atomic mass is 10.1. The molecule has 0 saturated heterocycles. The first-order chi connectivity index (χ1) is 8.02. The number of nitrogens with two attached hydrogens (primary N) is 1. The molecule has 1 aromatic heterocycles. The van der Waals surface area contributed by atoms with Crippen molar-refractivity contribution in [2.24, 2.45) is 5.73 Å². The van der Waals surface area contributed by atoms with Gasteiger partial charge in [0.1, 0.15) is 5.82 Å². The van der Waals surface area contributed by atoms with Crippen LogP contribution in [0.4, 0.5) is 0 Å². The zero-order valence-electron chi connectivity index (χ0n) is 11.1. The Labute approximate surface area is 103 Å². The van der Waals surface area contributed by atoms with Gasteiger partial charge in [-0.2, -0.15) is 0 Å². The Morgan fingerprint density at radius 3 is 2.53 bits per heavy atom. The standard InChI is InChI=1S/C14H21N3/c1-5-12(15)8-17-11(4)16-13-6-9(2)10(3)7-14(13)17/h6-7,12H,5,8,15H2,1-4H3. The van der Waals surface area contributed by atoms with Gasteiger partial charge in [0.2, 0.25) is 0 Å². The maximum Gasteiger partial charge on any atom is 0.106 e. The highest BCUT2D eigenvalue weighted by molar-refractivity contribution is 5.78. The molecular weight excluding hydrogens is 210 g/mol. The Balaban J connectivity index is 2.54. The van der Waals surface area contributed by atoms with Gasteiger partial charge in [-0.15, -0.1) is 0 Å². The van der Waals surface area contributed by atoms with Gasteiger partial charge in [0.15, 0.2) is 0 Å². The highest BCUT2D eigenvalue weighted by Gasteiger charge is 2.11. The van der Waals surface area contributed by atoms with Crippen LogP contribution >= 0.6 is 0 Å². The lowest BCUT2D eigenvalue weighted by Crippen LogP contribution is -2.25. The largest absolute Gasteiger partial charge is 0.327 e. The van der Waals surface area contributed by atoms with Crippen LogP contribution in [0.1, 0.15) is 30.3 Å². The summed E-state index contributed by atoms with van der Waals surface area (Å²) in [7, 11) is 0. The summed E-state index contributed by atoms with van der Waals surface area (Å²) in [4.78, 5) is 4.61. The predicted octanol–water partition coefficient (Wildman–Crippen LogP) is 2.70. The first-order valence-electron chi connectivity index (χ1n) is 6.22. The van der Waals surface area contributed by atoms with E-state index in [4.69, 9.17) is 5.73 Å². The molecule has 1 atom stereocenters. The van der Waals surface area contributed by atoms with Crippen LogP contribution in [0.2, 0.25) is 0 Å². The fraction of sp³-hybridized carbons (Fsp3) is 0.500. The minimum absolute atomic E-state index is 0.202. The number of aromatic nitrogens is 2. The third-order valence-corrected chi connectivity index (χ3v) is 3.50. The Bertz CT molecular complexity index is 540. The van der Waals surface area contributed by atoms with Crippen LogP contribution in [0.3, 0.4) is 0 Å². The number of imidazole rings is 1. The molecule has 3 heteroatoms. The molecule has 2 aromatic rings. The SMILES string of the molecule is CCC(N)Cn1c(C)nc2cc(C)c(C)cc21. The fourth-order valence-electron chi connectivity index (χ4n) is 2.09. The Hall–Kier alpha value is -1.35. The van der Waals surface area contributed by atoms with Crippen LogP contribution in [-0.4, -0.2) is 15.6 Å². The molecule has 0 aliphatic rings. The van der Waals surface area contributed by atoms with E-state index in [2.05, 4.69) is 42.5 Å². The van der Waals surface area contributed by atoms with Crippen molar-refractivity contribution in [2.75, 3.05) is 0 Å². The van der Waals surface area contributed by atoms with Gasteiger partial charge in [-0.25, -0.2) is 4.98 Å². The van der Waals surface area contributed by atoms with E-state index in [0.29, 0.717) is 0 Å². The van der Waals surface area contributed by atoms with E-state index in [1.54, 1.807) is 0 Å². The number of fused-ring (bicyclic) bond motifs is 1. The number of hydrogen-bond donors (Lipinski definition) is 1.